The maximum atomic E-state index is 12.8. The molecular formula is C19H18N2O2S. The van der Waals surface area contributed by atoms with Gasteiger partial charge in [-0.1, -0.05) is 36.4 Å². The lowest BCUT2D eigenvalue weighted by Gasteiger charge is -2.16. The number of thiocarbonyl (C=S) groups is 1. The van der Waals surface area contributed by atoms with E-state index in [0.717, 1.165) is 22.6 Å². The van der Waals surface area contributed by atoms with Crippen LogP contribution < -0.4 is 15.0 Å². The molecule has 1 saturated heterocycles. The van der Waals surface area contributed by atoms with Gasteiger partial charge in [0.1, 0.15) is 11.4 Å². The van der Waals surface area contributed by atoms with Gasteiger partial charge in [-0.05, 0) is 49.8 Å². The van der Waals surface area contributed by atoms with Crippen molar-refractivity contribution in [2.24, 2.45) is 0 Å². The Labute approximate surface area is 146 Å². The molecule has 1 aliphatic rings. The van der Waals surface area contributed by atoms with E-state index in [2.05, 4.69) is 5.32 Å². The Morgan fingerprint density at radius 3 is 2.62 bits per heavy atom. The first-order chi connectivity index (χ1) is 11.6. The smallest absolute Gasteiger partial charge is 0.281 e. The lowest BCUT2D eigenvalue weighted by atomic mass is 10.1. The van der Waals surface area contributed by atoms with Crippen molar-refractivity contribution in [1.29, 1.82) is 0 Å². The Bertz CT molecular complexity index is 830. The molecule has 2 aromatic rings. The molecule has 0 bridgehead atoms. The molecule has 0 spiro atoms. The molecule has 1 amide bonds. The molecule has 24 heavy (non-hydrogen) atoms. The van der Waals surface area contributed by atoms with Crippen LogP contribution in [0.5, 0.6) is 5.75 Å². The summed E-state index contributed by atoms with van der Waals surface area (Å²) in [4.78, 5) is 14.3. The van der Waals surface area contributed by atoms with Crippen LogP contribution >= 0.6 is 12.2 Å². The Morgan fingerprint density at radius 1 is 1.17 bits per heavy atom. The minimum Gasteiger partial charge on any atom is -0.493 e. The summed E-state index contributed by atoms with van der Waals surface area (Å²) in [6, 6.07) is 15.3. The van der Waals surface area contributed by atoms with Crippen molar-refractivity contribution < 1.29 is 9.53 Å². The van der Waals surface area contributed by atoms with E-state index in [-0.39, 0.29) is 5.91 Å². The second-order valence-corrected chi connectivity index (χ2v) is 5.77. The molecule has 0 radical (unpaired) electrons. The molecule has 0 saturated carbocycles. The highest BCUT2D eigenvalue weighted by molar-refractivity contribution is 7.80. The number of anilines is 1. The molecule has 2 aromatic carbocycles. The average Bonchev–Trinajstić information content (AvgIpc) is 2.84. The summed E-state index contributed by atoms with van der Waals surface area (Å²) in [5.41, 5.74) is 3.06. The van der Waals surface area contributed by atoms with Crippen LogP contribution in [-0.4, -0.2) is 17.6 Å². The zero-order valence-corrected chi connectivity index (χ0v) is 14.4. The third-order valence-electron chi connectivity index (χ3n) is 3.75. The molecule has 0 atom stereocenters. The van der Waals surface area contributed by atoms with Crippen LogP contribution in [0.2, 0.25) is 0 Å². The largest absolute Gasteiger partial charge is 0.493 e. The summed E-state index contributed by atoms with van der Waals surface area (Å²) in [5, 5.41) is 3.39. The van der Waals surface area contributed by atoms with Crippen LogP contribution in [0.3, 0.4) is 0 Å². The van der Waals surface area contributed by atoms with Gasteiger partial charge in [0.25, 0.3) is 5.91 Å². The molecule has 0 aliphatic carbocycles. The monoisotopic (exact) mass is 338 g/mol. The number of carbonyl (C=O) groups excluding carboxylic acids is 1. The maximum Gasteiger partial charge on any atom is 0.281 e. The molecule has 1 aliphatic heterocycles. The van der Waals surface area contributed by atoms with Crippen LogP contribution in [-0.2, 0) is 4.79 Å². The predicted octanol–water partition coefficient (Wildman–Crippen LogP) is 3.66. The normalized spacial score (nSPS) is 15.8. The van der Waals surface area contributed by atoms with Gasteiger partial charge in [-0.2, -0.15) is 0 Å². The molecule has 4 nitrogen and oxygen atoms in total. The van der Waals surface area contributed by atoms with Gasteiger partial charge in [-0.3, -0.25) is 9.69 Å². The third kappa shape index (κ3) is 3.03. The molecule has 3 rings (SSSR count). The van der Waals surface area contributed by atoms with Gasteiger partial charge >= 0.3 is 0 Å². The fourth-order valence-electron chi connectivity index (χ4n) is 2.61. The van der Waals surface area contributed by atoms with Crippen LogP contribution in [0.15, 0.2) is 54.2 Å². The summed E-state index contributed by atoms with van der Waals surface area (Å²) in [5.74, 6) is 0.572. The Kier molecular flexibility index (Phi) is 4.62. The van der Waals surface area contributed by atoms with Gasteiger partial charge in [-0.25, -0.2) is 0 Å². The van der Waals surface area contributed by atoms with Crippen molar-refractivity contribution in [1.82, 2.24) is 5.32 Å². The number of aryl methyl sites for hydroxylation is 1. The molecule has 5 heteroatoms. The fourth-order valence-corrected chi connectivity index (χ4v) is 2.90. The minimum atomic E-state index is -0.166. The molecule has 1 heterocycles. The molecule has 0 unspecified atom stereocenters. The number of hydrogen-bond donors (Lipinski definition) is 1. The van der Waals surface area contributed by atoms with Crippen LogP contribution in [0, 0.1) is 6.92 Å². The first-order valence-corrected chi connectivity index (χ1v) is 8.17. The number of amides is 1. The highest BCUT2D eigenvalue weighted by Crippen LogP contribution is 2.27. The third-order valence-corrected chi connectivity index (χ3v) is 4.04. The van der Waals surface area contributed by atoms with Crippen molar-refractivity contribution in [2.45, 2.75) is 13.8 Å². The Balaban J connectivity index is 1.96. The zero-order valence-electron chi connectivity index (χ0n) is 13.6. The minimum absolute atomic E-state index is 0.166. The number of hydrogen-bond acceptors (Lipinski definition) is 3. The van der Waals surface area contributed by atoms with E-state index in [1.807, 2.05) is 62.4 Å². The van der Waals surface area contributed by atoms with Crippen LogP contribution in [0.1, 0.15) is 18.1 Å². The SMILES string of the molecule is CCOc1ccccc1/C=C1\NC(=S)N(c2ccccc2C)C1=O. The standard InChI is InChI=1S/C19H18N2O2S/c1-3-23-17-11-7-5-9-14(17)12-15-18(22)21(19(24)20-15)16-10-6-4-8-13(16)2/h4-12H,3H2,1-2H3,(H,20,24)/b15-12-. The fraction of sp³-hybridized carbons (Fsp3) is 0.158. The van der Waals surface area contributed by atoms with Gasteiger partial charge in [0.05, 0.1) is 12.3 Å². The van der Waals surface area contributed by atoms with Gasteiger partial charge in [-0.15, -0.1) is 0 Å². The van der Waals surface area contributed by atoms with E-state index in [9.17, 15) is 4.79 Å². The van der Waals surface area contributed by atoms with Crippen molar-refractivity contribution in [3.8, 4) is 5.75 Å². The Hall–Kier alpha value is -2.66. The van der Waals surface area contributed by atoms with Crippen molar-refractivity contribution in [3.05, 3.63) is 65.4 Å². The molecule has 1 fully saturated rings. The molecule has 0 aromatic heterocycles. The van der Waals surface area contributed by atoms with E-state index in [1.165, 1.54) is 4.90 Å². The quantitative estimate of drug-likeness (QED) is 0.682. The first kappa shape index (κ1) is 16.2. The van der Waals surface area contributed by atoms with E-state index in [4.69, 9.17) is 17.0 Å². The maximum absolute atomic E-state index is 12.8. The van der Waals surface area contributed by atoms with Crippen molar-refractivity contribution in [3.63, 3.8) is 0 Å². The molecule has 122 valence electrons. The Morgan fingerprint density at radius 2 is 1.88 bits per heavy atom. The van der Waals surface area contributed by atoms with E-state index in [1.54, 1.807) is 6.08 Å². The van der Waals surface area contributed by atoms with Gasteiger partial charge in [0, 0.05) is 5.56 Å². The van der Waals surface area contributed by atoms with Crippen LogP contribution in [0.25, 0.3) is 6.08 Å². The predicted molar refractivity (Wildman–Crippen MR) is 100.0 cm³/mol. The van der Waals surface area contributed by atoms with Crippen molar-refractivity contribution in [2.75, 3.05) is 11.5 Å². The number of nitrogens with one attached hydrogen (secondary N) is 1. The molecule has 1 N–H and O–H groups in total. The number of carbonyl (C=O) groups is 1. The van der Waals surface area contributed by atoms with E-state index in [0.29, 0.717) is 17.4 Å². The zero-order chi connectivity index (χ0) is 17.1. The second-order valence-electron chi connectivity index (χ2n) is 5.39. The summed E-state index contributed by atoms with van der Waals surface area (Å²) in [7, 11) is 0. The highest BCUT2D eigenvalue weighted by Gasteiger charge is 2.32. The number of para-hydroxylation sites is 2. The summed E-state index contributed by atoms with van der Waals surface area (Å²) >= 11 is 5.36. The van der Waals surface area contributed by atoms with Crippen LogP contribution in [0.4, 0.5) is 5.69 Å². The topological polar surface area (TPSA) is 41.6 Å². The van der Waals surface area contributed by atoms with E-state index >= 15 is 0 Å². The summed E-state index contributed by atoms with van der Waals surface area (Å²) < 4.78 is 5.61. The second kappa shape index (κ2) is 6.84. The van der Waals surface area contributed by atoms with Crippen molar-refractivity contribution >= 4 is 35.0 Å². The summed E-state index contributed by atoms with van der Waals surface area (Å²) in [6.45, 7) is 4.45. The number of rotatable bonds is 4. The first-order valence-electron chi connectivity index (χ1n) is 7.76. The number of benzene rings is 2. The highest BCUT2D eigenvalue weighted by atomic mass is 32.1. The van der Waals surface area contributed by atoms with Gasteiger partial charge < -0.3 is 10.1 Å². The summed E-state index contributed by atoms with van der Waals surface area (Å²) in [6.07, 6.45) is 1.78. The lowest BCUT2D eigenvalue weighted by molar-refractivity contribution is -0.113. The van der Waals surface area contributed by atoms with E-state index < -0.39 is 0 Å². The molecular weight excluding hydrogens is 320 g/mol. The van der Waals surface area contributed by atoms with Gasteiger partial charge in [0.15, 0.2) is 5.11 Å². The van der Waals surface area contributed by atoms with Gasteiger partial charge in [0.2, 0.25) is 0 Å². The number of nitrogens with zero attached hydrogens (tertiary/aromatic N) is 1. The average molecular weight is 338 g/mol. The lowest BCUT2D eigenvalue weighted by Crippen LogP contribution is -2.30. The number of ether oxygens (including phenoxy) is 1.